The molecule has 1 atom stereocenters. The van der Waals surface area contributed by atoms with Crippen LogP contribution in [-0.2, 0) is 0 Å². The molecule has 0 heterocycles. The third-order valence-corrected chi connectivity index (χ3v) is 3.70. The second-order valence-corrected chi connectivity index (χ2v) is 5.44. The van der Waals surface area contributed by atoms with Gasteiger partial charge in [0, 0.05) is 17.0 Å². The van der Waals surface area contributed by atoms with Gasteiger partial charge in [-0.05, 0) is 36.6 Å². The van der Waals surface area contributed by atoms with E-state index in [4.69, 9.17) is 0 Å². The molecule has 0 aromatic heterocycles. The van der Waals surface area contributed by atoms with Crippen LogP contribution in [0.5, 0.6) is 0 Å². The summed E-state index contributed by atoms with van der Waals surface area (Å²) in [5, 5.41) is 9.26. The van der Waals surface area contributed by atoms with E-state index in [-0.39, 0.29) is 12.5 Å². The fourth-order valence-electron chi connectivity index (χ4n) is 2.15. The lowest BCUT2D eigenvalue weighted by Gasteiger charge is -2.17. The Bertz CT molecular complexity index is 442. The van der Waals surface area contributed by atoms with Gasteiger partial charge in [-0.1, -0.05) is 57.9 Å². The lowest BCUT2D eigenvalue weighted by atomic mass is 9.88. The van der Waals surface area contributed by atoms with Crippen molar-refractivity contribution in [3.05, 3.63) is 69.7 Å². The molecule has 0 fully saturated rings. The number of benzene rings is 2. The summed E-state index contributed by atoms with van der Waals surface area (Å²) in [6.45, 7) is 2.29. The highest BCUT2D eigenvalue weighted by Gasteiger charge is 2.13. The van der Waals surface area contributed by atoms with E-state index >= 15 is 0 Å². The second kappa shape index (κ2) is 6.17. The summed E-state index contributed by atoms with van der Waals surface area (Å²) >= 11 is 3.45. The predicted octanol–water partition coefficient (Wildman–Crippen LogP) is 4.27. The van der Waals surface area contributed by atoms with Gasteiger partial charge in [-0.3, -0.25) is 0 Å². The van der Waals surface area contributed by atoms with Gasteiger partial charge in [0.05, 0.1) is 0 Å². The number of rotatable bonds is 4. The minimum Gasteiger partial charge on any atom is -0.396 e. The van der Waals surface area contributed by atoms with Crippen LogP contribution in [0.25, 0.3) is 0 Å². The first-order valence-electron chi connectivity index (χ1n) is 6.13. The molecule has 0 aliphatic rings. The van der Waals surface area contributed by atoms with Gasteiger partial charge in [-0.25, -0.2) is 0 Å². The normalized spacial score (nSPS) is 12.4. The highest BCUT2D eigenvalue weighted by atomic mass is 79.9. The molecule has 0 spiro atoms. The van der Waals surface area contributed by atoms with E-state index < -0.39 is 0 Å². The molecule has 0 saturated heterocycles. The van der Waals surface area contributed by atoms with E-state index in [1.165, 1.54) is 16.7 Å². The minimum absolute atomic E-state index is 0.203. The van der Waals surface area contributed by atoms with E-state index in [0.29, 0.717) is 0 Å². The molecule has 1 N–H and O–H groups in total. The van der Waals surface area contributed by atoms with Gasteiger partial charge in [0.1, 0.15) is 0 Å². The maximum Gasteiger partial charge on any atom is 0.0440 e. The standard InChI is InChI=1S/C16H17BrO/c1-12-2-4-13(5-3-12)16(10-11-18)14-6-8-15(17)9-7-14/h2-9,16,18H,10-11H2,1H3. The molecule has 2 rings (SSSR count). The Balaban J connectivity index is 2.33. The molecule has 1 nitrogen and oxygen atoms in total. The molecule has 94 valence electrons. The van der Waals surface area contributed by atoms with Gasteiger partial charge in [0.25, 0.3) is 0 Å². The van der Waals surface area contributed by atoms with Crippen molar-refractivity contribution >= 4 is 15.9 Å². The zero-order valence-corrected chi connectivity index (χ0v) is 12.0. The zero-order valence-electron chi connectivity index (χ0n) is 10.4. The number of hydrogen-bond acceptors (Lipinski definition) is 1. The van der Waals surface area contributed by atoms with Crippen LogP contribution in [0.4, 0.5) is 0 Å². The fraction of sp³-hybridized carbons (Fsp3) is 0.250. The molecule has 2 heteroatoms. The van der Waals surface area contributed by atoms with Crippen molar-refractivity contribution in [3.63, 3.8) is 0 Å². The van der Waals surface area contributed by atoms with E-state index in [9.17, 15) is 5.11 Å². The van der Waals surface area contributed by atoms with Crippen LogP contribution >= 0.6 is 15.9 Å². The van der Waals surface area contributed by atoms with Crippen molar-refractivity contribution in [2.45, 2.75) is 19.3 Å². The number of aliphatic hydroxyl groups excluding tert-OH is 1. The molecular formula is C16H17BrO. The van der Waals surface area contributed by atoms with E-state index in [2.05, 4.69) is 59.3 Å². The topological polar surface area (TPSA) is 20.2 Å². The number of hydrogen-bond donors (Lipinski definition) is 1. The molecule has 0 saturated carbocycles. The summed E-state index contributed by atoms with van der Waals surface area (Å²) in [6.07, 6.45) is 0.755. The summed E-state index contributed by atoms with van der Waals surface area (Å²) in [4.78, 5) is 0. The summed E-state index contributed by atoms with van der Waals surface area (Å²) in [7, 11) is 0. The van der Waals surface area contributed by atoms with E-state index in [1.54, 1.807) is 0 Å². The summed E-state index contributed by atoms with van der Waals surface area (Å²) < 4.78 is 1.08. The maximum atomic E-state index is 9.26. The Morgan fingerprint density at radius 1 is 0.944 bits per heavy atom. The molecule has 2 aromatic rings. The highest BCUT2D eigenvalue weighted by molar-refractivity contribution is 9.10. The predicted molar refractivity (Wildman–Crippen MR) is 78.9 cm³/mol. The second-order valence-electron chi connectivity index (χ2n) is 4.53. The molecular weight excluding hydrogens is 288 g/mol. The molecule has 2 aromatic carbocycles. The first kappa shape index (κ1) is 13.3. The van der Waals surface area contributed by atoms with Crippen LogP contribution in [0.1, 0.15) is 29.0 Å². The third-order valence-electron chi connectivity index (χ3n) is 3.17. The molecule has 0 bridgehead atoms. The van der Waals surface area contributed by atoms with Crippen molar-refractivity contribution < 1.29 is 5.11 Å². The van der Waals surface area contributed by atoms with E-state index in [1.807, 2.05) is 12.1 Å². The van der Waals surface area contributed by atoms with Crippen molar-refractivity contribution in [2.24, 2.45) is 0 Å². The molecule has 0 amide bonds. The quantitative estimate of drug-likeness (QED) is 0.894. The highest BCUT2D eigenvalue weighted by Crippen LogP contribution is 2.28. The average molecular weight is 305 g/mol. The first-order chi connectivity index (χ1) is 8.70. The third kappa shape index (κ3) is 3.21. The smallest absolute Gasteiger partial charge is 0.0440 e. The molecule has 0 radical (unpaired) electrons. The molecule has 1 unspecified atom stereocenters. The first-order valence-corrected chi connectivity index (χ1v) is 6.93. The van der Waals surface area contributed by atoms with Gasteiger partial charge < -0.3 is 5.11 Å². The van der Waals surface area contributed by atoms with Crippen LogP contribution in [0, 0.1) is 6.92 Å². The largest absolute Gasteiger partial charge is 0.396 e. The monoisotopic (exact) mass is 304 g/mol. The van der Waals surface area contributed by atoms with Gasteiger partial charge in [0.15, 0.2) is 0 Å². The number of aryl methyl sites for hydroxylation is 1. The molecule has 0 aliphatic carbocycles. The van der Waals surface area contributed by atoms with Crippen molar-refractivity contribution in [2.75, 3.05) is 6.61 Å². The Kier molecular flexibility index (Phi) is 4.56. The SMILES string of the molecule is Cc1ccc(C(CCO)c2ccc(Br)cc2)cc1. The van der Waals surface area contributed by atoms with Crippen molar-refractivity contribution in [1.82, 2.24) is 0 Å². The lowest BCUT2D eigenvalue weighted by Crippen LogP contribution is -2.03. The Morgan fingerprint density at radius 3 is 1.94 bits per heavy atom. The summed E-state index contributed by atoms with van der Waals surface area (Å²) in [5.41, 5.74) is 3.77. The van der Waals surface area contributed by atoms with Gasteiger partial charge in [-0.2, -0.15) is 0 Å². The Hall–Kier alpha value is -1.12. The van der Waals surface area contributed by atoms with Gasteiger partial charge in [-0.15, -0.1) is 0 Å². The van der Waals surface area contributed by atoms with E-state index in [0.717, 1.165) is 10.9 Å². The molecule has 18 heavy (non-hydrogen) atoms. The Morgan fingerprint density at radius 2 is 1.44 bits per heavy atom. The fourth-order valence-corrected chi connectivity index (χ4v) is 2.41. The number of aliphatic hydroxyl groups is 1. The van der Waals surface area contributed by atoms with Crippen molar-refractivity contribution in [3.8, 4) is 0 Å². The maximum absolute atomic E-state index is 9.26. The average Bonchev–Trinajstić information content (AvgIpc) is 2.39. The number of halogens is 1. The zero-order chi connectivity index (χ0) is 13.0. The van der Waals surface area contributed by atoms with Crippen LogP contribution in [-0.4, -0.2) is 11.7 Å². The summed E-state index contributed by atoms with van der Waals surface area (Å²) in [6, 6.07) is 16.9. The van der Waals surface area contributed by atoms with Gasteiger partial charge >= 0.3 is 0 Å². The van der Waals surface area contributed by atoms with Crippen LogP contribution in [0.3, 0.4) is 0 Å². The van der Waals surface area contributed by atoms with Crippen LogP contribution < -0.4 is 0 Å². The molecule has 0 aliphatic heterocycles. The van der Waals surface area contributed by atoms with Crippen molar-refractivity contribution in [1.29, 1.82) is 0 Å². The van der Waals surface area contributed by atoms with Gasteiger partial charge in [0.2, 0.25) is 0 Å². The lowest BCUT2D eigenvalue weighted by molar-refractivity contribution is 0.281. The van der Waals surface area contributed by atoms with Crippen LogP contribution in [0.15, 0.2) is 53.0 Å². The van der Waals surface area contributed by atoms with Crippen LogP contribution in [0.2, 0.25) is 0 Å². The Labute approximate surface area is 117 Å². The minimum atomic E-state index is 0.203. The summed E-state index contributed by atoms with van der Waals surface area (Å²) in [5.74, 6) is 0.267.